The Bertz CT molecular complexity index is 521. The van der Waals surface area contributed by atoms with Gasteiger partial charge in [-0.15, -0.1) is 0 Å². The molecule has 5 heteroatoms. The van der Waals surface area contributed by atoms with Crippen molar-refractivity contribution in [2.45, 2.75) is 37.8 Å². The van der Waals surface area contributed by atoms with Gasteiger partial charge in [0.1, 0.15) is 0 Å². The molecule has 2 aliphatic rings. The molecule has 1 aromatic rings. The fourth-order valence-corrected chi connectivity index (χ4v) is 3.11. The minimum atomic E-state index is -0.896. The number of carbonyl (C=O) groups excluding carboxylic acids is 1. The zero-order chi connectivity index (χ0) is 14.1. The van der Waals surface area contributed by atoms with E-state index >= 15 is 0 Å². The summed E-state index contributed by atoms with van der Waals surface area (Å²) < 4.78 is 26.0. The van der Waals surface area contributed by atoms with Gasteiger partial charge < -0.3 is 10.2 Å². The first-order chi connectivity index (χ1) is 9.61. The maximum absolute atomic E-state index is 13.1. The fourth-order valence-electron chi connectivity index (χ4n) is 3.11. The van der Waals surface area contributed by atoms with Gasteiger partial charge in [0.05, 0.1) is 6.42 Å². The molecule has 0 radical (unpaired) electrons. The second kappa shape index (κ2) is 5.48. The number of nitrogens with one attached hydrogen (secondary N) is 1. The topological polar surface area (TPSA) is 32.3 Å². The highest BCUT2D eigenvalue weighted by Gasteiger charge is 2.30. The molecule has 0 saturated carbocycles. The van der Waals surface area contributed by atoms with Crippen LogP contribution >= 0.6 is 0 Å². The van der Waals surface area contributed by atoms with Crippen LogP contribution < -0.4 is 5.32 Å². The third kappa shape index (κ3) is 2.82. The third-order valence-electron chi connectivity index (χ3n) is 4.22. The second-order valence-corrected chi connectivity index (χ2v) is 5.69. The molecule has 1 aromatic carbocycles. The van der Waals surface area contributed by atoms with Gasteiger partial charge in [0, 0.05) is 25.2 Å². The maximum Gasteiger partial charge on any atom is 0.227 e. The van der Waals surface area contributed by atoms with E-state index in [2.05, 4.69) is 5.32 Å². The van der Waals surface area contributed by atoms with E-state index in [-0.39, 0.29) is 12.3 Å². The Kier molecular flexibility index (Phi) is 3.70. The molecule has 3 nitrogen and oxygen atoms in total. The Morgan fingerprint density at radius 3 is 2.80 bits per heavy atom. The zero-order valence-corrected chi connectivity index (χ0v) is 11.2. The molecule has 0 spiro atoms. The summed E-state index contributed by atoms with van der Waals surface area (Å²) >= 11 is 0. The first kappa shape index (κ1) is 13.5. The maximum atomic E-state index is 13.1. The molecule has 2 saturated heterocycles. The molecule has 1 N–H and O–H groups in total. The van der Waals surface area contributed by atoms with Crippen molar-refractivity contribution >= 4 is 5.91 Å². The summed E-state index contributed by atoms with van der Waals surface area (Å²) in [6.45, 7) is 1.47. The number of fused-ring (bicyclic) bond motifs is 2. The SMILES string of the molecule is O=C(Cc1ccc(F)c(F)c1)N1CCC2CCC(C1)N2. The zero-order valence-electron chi connectivity index (χ0n) is 11.2. The standard InChI is InChI=1S/C15H18F2N2O/c16-13-4-1-10(7-14(13)17)8-15(20)19-6-5-11-2-3-12(9-19)18-11/h1,4,7,11-12,18H,2-3,5-6,8-9H2. The van der Waals surface area contributed by atoms with Crippen molar-refractivity contribution in [2.24, 2.45) is 0 Å². The lowest BCUT2D eigenvalue weighted by molar-refractivity contribution is -0.130. The number of hydrogen-bond acceptors (Lipinski definition) is 2. The molecule has 0 aromatic heterocycles. The molecule has 2 aliphatic heterocycles. The number of benzene rings is 1. The number of carbonyl (C=O) groups is 1. The van der Waals surface area contributed by atoms with Crippen molar-refractivity contribution in [1.82, 2.24) is 10.2 Å². The van der Waals surface area contributed by atoms with Crippen LogP contribution in [-0.2, 0) is 11.2 Å². The van der Waals surface area contributed by atoms with Crippen LogP contribution in [0.1, 0.15) is 24.8 Å². The smallest absolute Gasteiger partial charge is 0.227 e. The van der Waals surface area contributed by atoms with Gasteiger partial charge in [0.2, 0.25) is 5.91 Å². The highest BCUT2D eigenvalue weighted by Crippen LogP contribution is 2.21. The van der Waals surface area contributed by atoms with Gasteiger partial charge in [-0.1, -0.05) is 6.07 Å². The van der Waals surface area contributed by atoms with E-state index in [4.69, 9.17) is 0 Å². The van der Waals surface area contributed by atoms with Crippen LogP contribution in [0, 0.1) is 11.6 Å². The molecule has 2 bridgehead atoms. The lowest BCUT2D eigenvalue weighted by Crippen LogP contribution is -2.39. The van der Waals surface area contributed by atoms with Gasteiger partial charge in [0.15, 0.2) is 11.6 Å². The molecule has 2 heterocycles. The van der Waals surface area contributed by atoms with E-state index in [1.54, 1.807) is 0 Å². The largest absolute Gasteiger partial charge is 0.341 e. The van der Waals surface area contributed by atoms with Gasteiger partial charge in [-0.2, -0.15) is 0 Å². The first-order valence-electron chi connectivity index (χ1n) is 7.09. The van der Waals surface area contributed by atoms with Gasteiger partial charge in [-0.25, -0.2) is 8.78 Å². The summed E-state index contributed by atoms with van der Waals surface area (Å²) in [7, 11) is 0. The van der Waals surface area contributed by atoms with Crippen molar-refractivity contribution in [3.63, 3.8) is 0 Å². The predicted molar refractivity (Wildman–Crippen MR) is 71.2 cm³/mol. The Hall–Kier alpha value is -1.49. The van der Waals surface area contributed by atoms with Crippen LogP contribution in [0.2, 0.25) is 0 Å². The normalized spacial score (nSPS) is 25.6. The van der Waals surface area contributed by atoms with E-state index in [0.29, 0.717) is 17.6 Å². The monoisotopic (exact) mass is 280 g/mol. The average Bonchev–Trinajstić information content (AvgIpc) is 2.73. The third-order valence-corrected chi connectivity index (χ3v) is 4.22. The van der Waals surface area contributed by atoms with Crippen molar-refractivity contribution in [3.8, 4) is 0 Å². The van der Waals surface area contributed by atoms with Crippen LogP contribution in [0.25, 0.3) is 0 Å². The summed E-state index contributed by atoms with van der Waals surface area (Å²) in [5, 5.41) is 3.51. The van der Waals surface area contributed by atoms with Crippen LogP contribution in [0.4, 0.5) is 8.78 Å². The number of likely N-dealkylation sites (tertiary alicyclic amines) is 1. The Morgan fingerprint density at radius 1 is 1.20 bits per heavy atom. The number of nitrogens with zero attached hydrogens (tertiary/aromatic N) is 1. The van der Waals surface area contributed by atoms with Crippen molar-refractivity contribution in [3.05, 3.63) is 35.4 Å². The highest BCUT2D eigenvalue weighted by atomic mass is 19.2. The van der Waals surface area contributed by atoms with Crippen molar-refractivity contribution in [1.29, 1.82) is 0 Å². The summed E-state index contributed by atoms with van der Waals surface area (Å²) in [4.78, 5) is 14.1. The Balaban J connectivity index is 1.65. The molecule has 1 amide bonds. The summed E-state index contributed by atoms with van der Waals surface area (Å²) in [5.74, 6) is -1.78. The Labute approximate surface area is 117 Å². The highest BCUT2D eigenvalue weighted by molar-refractivity contribution is 5.78. The van der Waals surface area contributed by atoms with Gasteiger partial charge >= 0.3 is 0 Å². The van der Waals surface area contributed by atoms with Crippen LogP contribution in [0.3, 0.4) is 0 Å². The number of amides is 1. The number of hydrogen-bond donors (Lipinski definition) is 1. The predicted octanol–water partition coefficient (Wildman–Crippen LogP) is 1.86. The van der Waals surface area contributed by atoms with Crippen molar-refractivity contribution in [2.75, 3.05) is 13.1 Å². The molecule has 0 aliphatic carbocycles. The van der Waals surface area contributed by atoms with Crippen LogP contribution in [0.15, 0.2) is 18.2 Å². The summed E-state index contributed by atoms with van der Waals surface area (Å²) in [5.41, 5.74) is 0.524. The molecular formula is C15H18F2N2O. The molecule has 3 rings (SSSR count). The average molecular weight is 280 g/mol. The Morgan fingerprint density at radius 2 is 2.00 bits per heavy atom. The minimum absolute atomic E-state index is 0.00893. The lowest BCUT2D eigenvalue weighted by atomic mass is 10.1. The van der Waals surface area contributed by atoms with Crippen LogP contribution in [-0.4, -0.2) is 36.0 Å². The van der Waals surface area contributed by atoms with Gasteiger partial charge in [-0.3, -0.25) is 4.79 Å². The molecular weight excluding hydrogens is 262 g/mol. The molecule has 20 heavy (non-hydrogen) atoms. The molecule has 2 atom stereocenters. The van der Waals surface area contributed by atoms with E-state index in [9.17, 15) is 13.6 Å². The fraction of sp³-hybridized carbons (Fsp3) is 0.533. The molecule has 2 unspecified atom stereocenters. The van der Waals surface area contributed by atoms with Crippen LogP contribution in [0.5, 0.6) is 0 Å². The number of rotatable bonds is 2. The van der Waals surface area contributed by atoms with E-state index in [1.807, 2.05) is 4.90 Å². The van der Waals surface area contributed by atoms with Crippen molar-refractivity contribution < 1.29 is 13.6 Å². The van der Waals surface area contributed by atoms with E-state index in [1.165, 1.54) is 12.5 Å². The second-order valence-electron chi connectivity index (χ2n) is 5.69. The molecule has 108 valence electrons. The first-order valence-corrected chi connectivity index (χ1v) is 7.09. The lowest BCUT2D eigenvalue weighted by Gasteiger charge is -2.24. The summed E-state index contributed by atoms with van der Waals surface area (Å²) in [6, 6.07) is 4.56. The van der Waals surface area contributed by atoms with E-state index in [0.717, 1.165) is 38.1 Å². The van der Waals surface area contributed by atoms with Gasteiger partial charge in [0.25, 0.3) is 0 Å². The summed E-state index contributed by atoms with van der Waals surface area (Å²) in [6.07, 6.45) is 3.41. The van der Waals surface area contributed by atoms with E-state index < -0.39 is 11.6 Å². The quantitative estimate of drug-likeness (QED) is 0.897. The van der Waals surface area contributed by atoms with Gasteiger partial charge in [-0.05, 0) is 37.0 Å². The number of halogens is 2. The molecule has 2 fully saturated rings. The minimum Gasteiger partial charge on any atom is -0.341 e.